The van der Waals surface area contributed by atoms with E-state index in [0.717, 1.165) is 16.6 Å². The number of aliphatic hydroxyl groups is 1. The third-order valence-corrected chi connectivity index (χ3v) is 4.94. The molecule has 0 saturated carbocycles. The smallest absolute Gasteiger partial charge is 0.143 e. The van der Waals surface area contributed by atoms with Crippen LogP contribution in [0.15, 0.2) is 72.8 Å². The van der Waals surface area contributed by atoms with Gasteiger partial charge < -0.3 is 9.67 Å². The summed E-state index contributed by atoms with van der Waals surface area (Å²) in [7, 11) is 0. The van der Waals surface area contributed by atoms with E-state index in [1.165, 1.54) is 16.7 Å². The van der Waals surface area contributed by atoms with E-state index in [2.05, 4.69) is 42.7 Å². The van der Waals surface area contributed by atoms with Crippen LogP contribution in [0, 0.1) is 13.8 Å². The molecule has 3 heteroatoms. The Bertz CT molecular complexity index is 1040. The Hall–Kier alpha value is -2.91. The molecule has 0 radical (unpaired) electrons. The number of hydrogen-bond donors (Lipinski definition) is 1. The zero-order chi connectivity index (χ0) is 18.1. The van der Waals surface area contributed by atoms with Gasteiger partial charge in [0.1, 0.15) is 11.9 Å². The summed E-state index contributed by atoms with van der Waals surface area (Å²) in [4.78, 5) is 4.80. The van der Waals surface area contributed by atoms with Gasteiger partial charge in [-0.05, 0) is 48.2 Å². The highest BCUT2D eigenvalue weighted by Gasteiger charge is 2.20. The first-order valence-electron chi connectivity index (χ1n) is 8.88. The summed E-state index contributed by atoms with van der Waals surface area (Å²) in [5.41, 5.74) is 6.46. The van der Waals surface area contributed by atoms with Gasteiger partial charge >= 0.3 is 0 Å². The molecule has 1 heterocycles. The molecule has 26 heavy (non-hydrogen) atoms. The first kappa shape index (κ1) is 16.6. The Kier molecular flexibility index (Phi) is 4.31. The molecule has 3 nitrogen and oxygen atoms in total. The molecule has 0 aliphatic heterocycles. The maximum Gasteiger partial charge on any atom is 0.143 e. The van der Waals surface area contributed by atoms with Crippen molar-refractivity contribution < 1.29 is 5.11 Å². The minimum atomic E-state index is -0.757. The van der Waals surface area contributed by atoms with Gasteiger partial charge in [-0.2, -0.15) is 0 Å². The molecule has 0 aliphatic carbocycles. The first-order chi connectivity index (χ1) is 12.6. The number of hydrogen-bond acceptors (Lipinski definition) is 2. The molecule has 130 valence electrons. The molecule has 0 amide bonds. The van der Waals surface area contributed by atoms with Crippen molar-refractivity contribution in [1.29, 1.82) is 0 Å². The van der Waals surface area contributed by atoms with E-state index in [1.54, 1.807) is 0 Å². The summed E-state index contributed by atoms with van der Waals surface area (Å²) in [6.45, 7) is 4.89. The highest BCUT2D eigenvalue weighted by atomic mass is 16.3. The fraction of sp³-hybridized carbons (Fsp3) is 0.174. The van der Waals surface area contributed by atoms with Gasteiger partial charge in [0.05, 0.1) is 11.0 Å². The van der Waals surface area contributed by atoms with Crippen LogP contribution >= 0.6 is 0 Å². The quantitative estimate of drug-likeness (QED) is 0.579. The van der Waals surface area contributed by atoms with Crippen molar-refractivity contribution in [3.8, 4) is 0 Å². The molecule has 0 fully saturated rings. The van der Waals surface area contributed by atoms with Gasteiger partial charge in [-0.15, -0.1) is 0 Å². The number of rotatable bonds is 4. The lowest BCUT2D eigenvalue weighted by Crippen LogP contribution is -2.11. The molecule has 0 aliphatic rings. The summed E-state index contributed by atoms with van der Waals surface area (Å²) >= 11 is 0. The SMILES string of the molecule is Cc1cc2nc(C(O)c3ccccc3)n(Cc3ccccc3)c2cc1C. The van der Waals surface area contributed by atoms with Crippen LogP contribution < -0.4 is 0 Å². The number of fused-ring (bicyclic) bond motifs is 1. The molecular weight excluding hydrogens is 320 g/mol. The predicted octanol–water partition coefficient (Wildman–Crippen LogP) is 4.78. The van der Waals surface area contributed by atoms with Crippen LogP contribution in [0.4, 0.5) is 0 Å². The van der Waals surface area contributed by atoms with E-state index in [-0.39, 0.29) is 0 Å². The van der Waals surface area contributed by atoms with E-state index in [9.17, 15) is 5.11 Å². The van der Waals surface area contributed by atoms with Gasteiger partial charge in [-0.1, -0.05) is 60.7 Å². The average Bonchev–Trinajstić information content (AvgIpc) is 3.00. The molecule has 4 aromatic rings. The molecule has 1 N–H and O–H groups in total. The van der Waals surface area contributed by atoms with Crippen molar-refractivity contribution in [2.75, 3.05) is 0 Å². The summed E-state index contributed by atoms with van der Waals surface area (Å²) in [5, 5.41) is 11.0. The zero-order valence-corrected chi connectivity index (χ0v) is 15.1. The van der Waals surface area contributed by atoms with E-state index >= 15 is 0 Å². The Labute approximate surface area is 153 Å². The van der Waals surface area contributed by atoms with Crippen LogP contribution in [0.1, 0.15) is 34.2 Å². The highest BCUT2D eigenvalue weighted by molar-refractivity contribution is 5.78. The second-order valence-electron chi connectivity index (χ2n) is 6.78. The van der Waals surface area contributed by atoms with Crippen LogP contribution in [0.2, 0.25) is 0 Å². The lowest BCUT2D eigenvalue weighted by atomic mass is 10.1. The lowest BCUT2D eigenvalue weighted by molar-refractivity contribution is 0.206. The summed E-state index contributed by atoms with van der Waals surface area (Å²) < 4.78 is 2.13. The van der Waals surface area contributed by atoms with Crippen LogP contribution in [-0.4, -0.2) is 14.7 Å². The molecule has 4 rings (SSSR count). The van der Waals surface area contributed by atoms with Crippen molar-refractivity contribution >= 4 is 11.0 Å². The minimum Gasteiger partial charge on any atom is -0.380 e. The molecule has 0 spiro atoms. The predicted molar refractivity (Wildman–Crippen MR) is 105 cm³/mol. The zero-order valence-electron chi connectivity index (χ0n) is 15.1. The second-order valence-corrected chi connectivity index (χ2v) is 6.78. The third-order valence-electron chi connectivity index (χ3n) is 4.94. The van der Waals surface area contributed by atoms with Crippen LogP contribution in [0.5, 0.6) is 0 Å². The number of imidazole rings is 1. The van der Waals surface area contributed by atoms with E-state index in [0.29, 0.717) is 12.4 Å². The Morgan fingerprint density at radius 3 is 2.19 bits per heavy atom. The van der Waals surface area contributed by atoms with Crippen molar-refractivity contribution in [2.45, 2.75) is 26.5 Å². The van der Waals surface area contributed by atoms with Crippen molar-refractivity contribution in [1.82, 2.24) is 9.55 Å². The summed E-state index contributed by atoms with van der Waals surface area (Å²) in [6, 6.07) is 24.3. The normalized spacial score (nSPS) is 12.4. The fourth-order valence-corrected chi connectivity index (χ4v) is 3.32. The fourth-order valence-electron chi connectivity index (χ4n) is 3.32. The van der Waals surface area contributed by atoms with E-state index in [4.69, 9.17) is 4.98 Å². The molecular formula is C23H22N2O. The number of nitrogens with zero attached hydrogens (tertiary/aromatic N) is 2. The van der Waals surface area contributed by atoms with Crippen molar-refractivity contribution in [3.05, 3.63) is 101 Å². The maximum absolute atomic E-state index is 11.0. The largest absolute Gasteiger partial charge is 0.380 e. The monoisotopic (exact) mass is 342 g/mol. The van der Waals surface area contributed by atoms with Gasteiger partial charge in [-0.25, -0.2) is 4.98 Å². The number of aliphatic hydroxyl groups excluding tert-OH is 1. The molecule has 0 bridgehead atoms. The summed E-state index contributed by atoms with van der Waals surface area (Å²) in [5.74, 6) is 0.681. The third kappa shape index (κ3) is 3.02. The van der Waals surface area contributed by atoms with Gasteiger partial charge in [0.15, 0.2) is 0 Å². The number of aryl methyl sites for hydroxylation is 2. The standard InChI is InChI=1S/C23H22N2O/c1-16-13-20-21(14-17(16)2)25(15-18-9-5-3-6-10-18)23(24-20)22(26)19-11-7-4-8-12-19/h3-14,22,26H,15H2,1-2H3. The molecule has 0 saturated heterocycles. The van der Waals surface area contributed by atoms with E-state index in [1.807, 2.05) is 48.5 Å². The number of benzene rings is 3. The van der Waals surface area contributed by atoms with Crippen LogP contribution in [-0.2, 0) is 6.54 Å². The lowest BCUT2D eigenvalue weighted by Gasteiger charge is -2.15. The van der Waals surface area contributed by atoms with Gasteiger partial charge in [-0.3, -0.25) is 0 Å². The number of aromatic nitrogens is 2. The van der Waals surface area contributed by atoms with Crippen molar-refractivity contribution in [3.63, 3.8) is 0 Å². The molecule has 1 unspecified atom stereocenters. The molecule has 1 atom stereocenters. The van der Waals surface area contributed by atoms with Crippen LogP contribution in [0.25, 0.3) is 11.0 Å². The molecule has 3 aromatic carbocycles. The van der Waals surface area contributed by atoms with Crippen molar-refractivity contribution in [2.24, 2.45) is 0 Å². The van der Waals surface area contributed by atoms with Gasteiger partial charge in [0, 0.05) is 6.54 Å². The Morgan fingerprint density at radius 1 is 0.885 bits per heavy atom. The maximum atomic E-state index is 11.0. The Balaban J connectivity index is 1.89. The summed E-state index contributed by atoms with van der Waals surface area (Å²) in [6.07, 6.45) is -0.757. The molecule has 1 aromatic heterocycles. The Morgan fingerprint density at radius 2 is 1.50 bits per heavy atom. The first-order valence-corrected chi connectivity index (χ1v) is 8.88. The average molecular weight is 342 g/mol. The van der Waals surface area contributed by atoms with Gasteiger partial charge in [0.25, 0.3) is 0 Å². The van der Waals surface area contributed by atoms with Gasteiger partial charge in [0.2, 0.25) is 0 Å². The second kappa shape index (κ2) is 6.77. The minimum absolute atomic E-state index is 0.680. The highest BCUT2D eigenvalue weighted by Crippen LogP contribution is 2.28. The topological polar surface area (TPSA) is 38.1 Å². The van der Waals surface area contributed by atoms with E-state index < -0.39 is 6.10 Å². The van der Waals surface area contributed by atoms with Crippen LogP contribution in [0.3, 0.4) is 0 Å².